The van der Waals surface area contributed by atoms with Gasteiger partial charge in [-0.25, -0.2) is 13.1 Å². The lowest BCUT2D eigenvalue weighted by Crippen LogP contribution is -2.20. The summed E-state index contributed by atoms with van der Waals surface area (Å²) in [4.78, 5) is 15.0. The first kappa shape index (κ1) is 21.0. The smallest absolute Gasteiger partial charge is 0.255 e. The van der Waals surface area contributed by atoms with Crippen LogP contribution in [0.3, 0.4) is 0 Å². The molecule has 0 aliphatic carbocycles. The number of likely N-dealkylation sites (N-methyl/N-ethyl adjacent to an activating group) is 1. The molecule has 0 bridgehead atoms. The van der Waals surface area contributed by atoms with Crippen molar-refractivity contribution in [3.8, 4) is 0 Å². The van der Waals surface area contributed by atoms with Crippen LogP contribution in [0.25, 0.3) is 10.9 Å². The van der Waals surface area contributed by atoms with Crippen molar-refractivity contribution in [3.05, 3.63) is 59.8 Å². The highest BCUT2D eigenvalue weighted by molar-refractivity contribution is 7.89. The van der Waals surface area contributed by atoms with Gasteiger partial charge in [-0.05, 0) is 70.0 Å². The molecule has 1 heterocycles. The Bertz CT molecular complexity index is 1150. The second kappa shape index (κ2) is 8.36. The van der Waals surface area contributed by atoms with Crippen LogP contribution in [0.15, 0.2) is 53.6 Å². The first-order valence-corrected chi connectivity index (χ1v) is 10.8. The Kier molecular flexibility index (Phi) is 6.07. The summed E-state index contributed by atoms with van der Waals surface area (Å²) in [5.41, 5.74) is 2.79. The van der Waals surface area contributed by atoms with E-state index in [-0.39, 0.29) is 10.8 Å². The number of aryl methyl sites for hydroxylation is 1. The third-order valence-corrected chi connectivity index (χ3v) is 6.26. The van der Waals surface area contributed by atoms with Crippen LogP contribution in [0.2, 0.25) is 0 Å². The van der Waals surface area contributed by atoms with E-state index < -0.39 is 10.0 Å². The number of nitrogens with one attached hydrogen (secondary N) is 2. The molecule has 0 saturated heterocycles. The minimum Gasteiger partial charge on any atom is -0.346 e. The fourth-order valence-electron chi connectivity index (χ4n) is 3.11. The largest absolute Gasteiger partial charge is 0.346 e. The van der Waals surface area contributed by atoms with Gasteiger partial charge in [0.25, 0.3) is 5.91 Å². The van der Waals surface area contributed by atoms with Gasteiger partial charge in [-0.2, -0.15) is 0 Å². The van der Waals surface area contributed by atoms with E-state index in [1.165, 1.54) is 19.2 Å². The number of fused-ring (bicyclic) bond motifs is 1. The number of carbonyl (C=O) groups is 1. The highest BCUT2D eigenvalue weighted by atomic mass is 32.2. The topological polar surface area (TPSA) is 83.4 Å². The van der Waals surface area contributed by atoms with Gasteiger partial charge in [0.15, 0.2) is 0 Å². The predicted molar refractivity (Wildman–Crippen MR) is 116 cm³/mol. The molecular weight excluding hydrogens is 388 g/mol. The minimum atomic E-state index is -3.62. The number of nitrogens with zero attached hydrogens (tertiary/aromatic N) is 2. The van der Waals surface area contributed by atoms with E-state index in [1.807, 2.05) is 44.6 Å². The second-order valence-corrected chi connectivity index (χ2v) is 9.11. The van der Waals surface area contributed by atoms with Gasteiger partial charge >= 0.3 is 0 Å². The summed E-state index contributed by atoms with van der Waals surface area (Å²) in [7, 11) is 1.80. The van der Waals surface area contributed by atoms with E-state index >= 15 is 0 Å². The van der Waals surface area contributed by atoms with Crippen LogP contribution in [0.4, 0.5) is 5.69 Å². The van der Waals surface area contributed by atoms with Gasteiger partial charge in [-0.3, -0.25) is 4.79 Å². The molecule has 0 aliphatic rings. The van der Waals surface area contributed by atoms with E-state index in [9.17, 15) is 13.2 Å². The summed E-state index contributed by atoms with van der Waals surface area (Å²) in [5.74, 6) is -0.345. The van der Waals surface area contributed by atoms with Gasteiger partial charge in [0, 0.05) is 41.4 Å². The van der Waals surface area contributed by atoms with Gasteiger partial charge in [0.1, 0.15) is 0 Å². The Labute approximate surface area is 171 Å². The summed E-state index contributed by atoms with van der Waals surface area (Å²) in [5, 5.41) is 3.91. The third kappa shape index (κ3) is 4.67. The van der Waals surface area contributed by atoms with Gasteiger partial charge < -0.3 is 14.8 Å². The molecule has 2 N–H and O–H groups in total. The summed E-state index contributed by atoms with van der Waals surface area (Å²) in [6.07, 6.45) is 2.04. The molecule has 0 saturated carbocycles. The number of hydrogen-bond acceptors (Lipinski definition) is 4. The van der Waals surface area contributed by atoms with E-state index in [0.717, 1.165) is 24.0 Å². The van der Waals surface area contributed by atoms with Gasteiger partial charge in [0.05, 0.1) is 4.90 Å². The number of hydrogen-bond donors (Lipinski definition) is 2. The molecule has 154 valence electrons. The van der Waals surface area contributed by atoms with Crippen LogP contribution in [-0.4, -0.2) is 51.5 Å². The van der Waals surface area contributed by atoms with Crippen molar-refractivity contribution in [1.82, 2.24) is 14.2 Å². The van der Waals surface area contributed by atoms with E-state index in [2.05, 4.69) is 19.5 Å². The zero-order chi connectivity index (χ0) is 21.2. The fourth-order valence-corrected chi connectivity index (χ4v) is 3.87. The Balaban J connectivity index is 1.84. The number of aromatic nitrogens is 1. The van der Waals surface area contributed by atoms with Crippen LogP contribution in [-0.2, 0) is 16.6 Å². The van der Waals surface area contributed by atoms with Crippen molar-refractivity contribution in [2.24, 2.45) is 0 Å². The summed E-state index contributed by atoms with van der Waals surface area (Å²) in [6, 6.07) is 12.3. The van der Waals surface area contributed by atoms with Crippen molar-refractivity contribution in [3.63, 3.8) is 0 Å². The summed E-state index contributed by atoms with van der Waals surface area (Å²) < 4.78 is 28.5. The Hall–Kier alpha value is -2.68. The molecule has 0 aliphatic heterocycles. The van der Waals surface area contributed by atoms with Crippen molar-refractivity contribution in [2.45, 2.75) is 18.4 Å². The van der Waals surface area contributed by atoms with E-state index in [1.54, 1.807) is 13.0 Å². The molecule has 0 unspecified atom stereocenters. The minimum absolute atomic E-state index is 0.0594. The quantitative estimate of drug-likeness (QED) is 0.623. The molecule has 1 amide bonds. The number of amides is 1. The zero-order valence-electron chi connectivity index (χ0n) is 17.1. The van der Waals surface area contributed by atoms with Gasteiger partial charge in [-0.1, -0.05) is 6.07 Å². The lowest BCUT2D eigenvalue weighted by Gasteiger charge is -2.12. The average molecular weight is 415 g/mol. The SMILES string of the molecule is CNS(=O)(=O)c1ccc(C)c(C(=O)Nc2ccc3c(ccn3CCN(C)C)c2)c1. The molecule has 7 nitrogen and oxygen atoms in total. The van der Waals surface area contributed by atoms with E-state index in [4.69, 9.17) is 0 Å². The number of benzene rings is 2. The number of sulfonamides is 1. The average Bonchev–Trinajstić information content (AvgIpc) is 3.08. The third-order valence-electron chi connectivity index (χ3n) is 4.85. The van der Waals surface area contributed by atoms with Crippen molar-refractivity contribution >= 4 is 32.5 Å². The molecule has 0 atom stereocenters. The Morgan fingerprint density at radius 2 is 1.86 bits per heavy atom. The summed E-state index contributed by atoms with van der Waals surface area (Å²) in [6.45, 7) is 3.60. The molecule has 29 heavy (non-hydrogen) atoms. The zero-order valence-corrected chi connectivity index (χ0v) is 17.9. The van der Waals surface area contributed by atoms with Crippen molar-refractivity contribution in [2.75, 3.05) is 33.0 Å². The maximum Gasteiger partial charge on any atom is 0.255 e. The highest BCUT2D eigenvalue weighted by Gasteiger charge is 2.17. The summed E-state index contributed by atoms with van der Waals surface area (Å²) >= 11 is 0. The fraction of sp³-hybridized carbons (Fsp3) is 0.286. The lowest BCUT2D eigenvalue weighted by molar-refractivity contribution is 0.102. The standard InChI is InChI=1S/C21H26N4O3S/c1-15-5-7-18(29(27,28)22-2)14-19(15)21(26)23-17-6-8-20-16(13-17)9-10-25(20)12-11-24(3)4/h5-10,13-14,22H,11-12H2,1-4H3,(H,23,26). The monoisotopic (exact) mass is 414 g/mol. The van der Waals surface area contributed by atoms with Gasteiger partial charge in [0.2, 0.25) is 10.0 Å². The van der Waals surface area contributed by atoms with Crippen LogP contribution >= 0.6 is 0 Å². The van der Waals surface area contributed by atoms with Crippen molar-refractivity contribution in [1.29, 1.82) is 0 Å². The molecule has 0 fully saturated rings. The molecule has 8 heteroatoms. The first-order chi connectivity index (χ1) is 13.7. The predicted octanol–water partition coefficient (Wildman–Crippen LogP) is 2.67. The lowest BCUT2D eigenvalue weighted by atomic mass is 10.1. The molecule has 0 radical (unpaired) electrons. The number of rotatable bonds is 7. The maximum atomic E-state index is 12.8. The van der Waals surface area contributed by atoms with Crippen molar-refractivity contribution < 1.29 is 13.2 Å². The molecule has 1 aromatic heterocycles. The van der Waals surface area contributed by atoms with Crippen LogP contribution < -0.4 is 10.0 Å². The number of anilines is 1. The van der Waals surface area contributed by atoms with Crippen LogP contribution in [0.1, 0.15) is 15.9 Å². The molecular formula is C21H26N4O3S. The van der Waals surface area contributed by atoms with Crippen LogP contribution in [0, 0.1) is 6.92 Å². The van der Waals surface area contributed by atoms with Crippen LogP contribution in [0.5, 0.6) is 0 Å². The maximum absolute atomic E-state index is 12.8. The van der Waals surface area contributed by atoms with E-state index in [0.29, 0.717) is 16.8 Å². The Morgan fingerprint density at radius 3 is 2.55 bits per heavy atom. The Morgan fingerprint density at radius 1 is 1.10 bits per heavy atom. The second-order valence-electron chi connectivity index (χ2n) is 7.22. The highest BCUT2D eigenvalue weighted by Crippen LogP contribution is 2.22. The molecule has 3 aromatic rings. The normalized spacial score (nSPS) is 11.9. The molecule has 3 rings (SSSR count). The molecule has 0 spiro atoms. The molecule has 2 aromatic carbocycles. The van der Waals surface area contributed by atoms with Gasteiger partial charge in [-0.15, -0.1) is 0 Å². The number of carbonyl (C=O) groups excluding carboxylic acids is 1. The first-order valence-electron chi connectivity index (χ1n) is 9.30.